The Labute approximate surface area is 169 Å². The van der Waals surface area contributed by atoms with Crippen LogP contribution in [-0.2, 0) is 11.2 Å². The molecule has 1 aliphatic heterocycles. The maximum Gasteiger partial charge on any atom is 0.227 e. The molecule has 3 aromatic carbocycles. The SMILES string of the molecule is O=C(Cc1cccc2ccccc12)N1CCC(n2cc(-c3ccccc3)nn2)C1. The number of benzene rings is 3. The van der Waals surface area contributed by atoms with E-state index in [0.29, 0.717) is 13.0 Å². The average Bonchev–Trinajstić information content (AvgIpc) is 3.45. The topological polar surface area (TPSA) is 51.0 Å². The lowest BCUT2D eigenvalue weighted by molar-refractivity contribution is -0.129. The minimum absolute atomic E-state index is 0.173. The molecule has 0 radical (unpaired) electrons. The zero-order valence-electron chi connectivity index (χ0n) is 16.1. The number of likely N-dealkylation sites (tertiary alicyclic amines) is 1. The summed E-state index contributed by atoms with van der Waals surface area (Å²) in [6, 6.07) is 24.6. The van der Waals surface area contributed by atoms with Gasteiger partial charge in [0, 0.05) is 18.7 Å². The van der Waals surface area contributed by atoms with Crippen molar-refractivity contribution in [1.29, 1.82) is 0 Å². The lowest BCUT2D eigenvalue weighted by atomic mass is 10.0. The summed E-state index contributed by atoms with van der Waals surface area (Å²) < 4.78 is 1.91. The standard InChI is InChI=1S/C24H22N4O/c29-24(15-20-11-6-10-18-7-4-5-12-22(18)20)27-14-13-21(16-27)28-17-23(25-26-28)19-8-2-1-3-9-19/h1-12,17,21H,13-16H2. The van der Waals surface area contributed by atoms with Gasteiger partial charge in [-0.25, -0.2) is 4.68 Å². The van der Waals surface area contributed by atoms with Crippen molar-refractivity contribution in [2.45, 2.75) is 18.9 Å². The van der Waals surface area contributed by atoms with Crippen LogP contribution < -0.4 is 0 Å². The van der Waals surface area contributed by atoms with Gasteiger partial charge in [-0.1, -0.05) is 78.0 Å². The summed E-state index contributed by atoms with van der Waals surface area (Å²) in [6.07, 6.45) is 3.32. The van der Waals surface area contributed by atoms with E-state index in [-0.39, 0.29) is 11.9 Å². The van der Waals surface area contributed by atoms with E-state index in [1.165, 1.54) is 5.39 Å². The second kappa shape index (κ2) is 7.51. The van der Waals surface area contributed by atoms with Crippen molar-refractivity contribution in [3.63, 3.8) is 0 Å². The summed E-state index contributed by atoms with van der Waals surface area (Å²) in [5.41, 5.74) is 3.01. The molecule has 1 fully saturated rings. The first-order chi connectivity index (χ1) is 14.3. The Morgan fingerprint density at radius 1 is 0.966 bits per heavy atom. The number of rotatable bonds is 4. The number of amides is 1. The van der Waals surface area contributed by atoms with Crippen molar-refractivity contribution < 1.29 is 4.79 Å². The number of hydrogen-bond donors (Lipinski definition) is 0. The predicted molar refractivity (Wildman–Crippen MR) is 113 cm³/mol. The van der Waals surface area contributed by atoms with Crippen molar-refractivity contribution in [2.75, 3.05) is 13.1 Å². The Hall–Kier alpha value is -3.47. The highest BCUT2D eigenvalue weighted by Crippen LogP contribution is 2.25. The van der Waals surface area contributed by atoms with Crippen molar-refractivity contribution >= 4 is 16.7 Å². The van der Waals surface area contributed by atoms with Gasteiger partial charge in [-0.15, -0.1) is 5.10 Å². The van der Waals surface area contributed by atoms with Crippen molar-refractivity contribution in [3.8, 4) is 11.3 Å². The van der Waals surface area contributed by atoms with Gasteiger partial charge in [-0.2, -0.15) is 0 Å². The lowest BCUT2D eigenvalue weighted by Gasteiger charge is -2.17. The van der Waals surface area contributed by atoms with Gasteiger partial charge in [-0.05, 0) is 22.8 Å². The molecule has 0 bridgehead atoms. The first-order valence-corrected chi connectivity index (χ1v) is 9.99. The van der Waals surface area contributed by atoms with Crippen LogP contribution >= 0.6 is 0 Å². The van der Waals surface area contributed by atoms with Gasteiger partial charge in [0.1, 0.15) is 5.69 Å². The number of fused-ring (bicyclic) bond motifs is 1. The summed E-state index contributed by atoms with van der Waals surface area (Å²) in [4.78, 5) is 14.9. The Kier molecular flexibility index (Phi) is 4.56. The van der Waals surface area contributed by atoms with Crippen LogP contribution in [0, 0.1) is 0 Å². The van der Waals surface area contributed by atoms with Crippen LogP contribution in [0.5, 0.6) is 0 Å². The van der Waals surface area contributed by atoms with Crippen molar-refractivity contribution in [2.24, 2.45) is 0 Å². The second-order valence-electron chi connectivity index (χ2n) is 7.55. The van der Waals surface area contributed by atoms with Crippen LogP contribution in [0.3, 0.4) is 0 Å². The number of hydrogen-bond acceptors (Lipinski definition) is 3. The third-order valence-corrected chi connectivity index (χ3v) is 5.69. The van der Waals surface area contributed by atoms with Crippen LogP contribution in [-0.4, -0.2) is 38.9 Å². The largest absolute Gasteiger partial charge is 0.340 e. The molecule has 1 unspecified atom stereocenters. The zero-order valence-corrected chi connectivity index (χ0v) is 16.1. The molecule has 4 aromatic rings. The smallest absolute Gasteiger partial charge is 0.227 e. The van der Waals surface area contributed by atoms with E-state index in [1.54, 1.807) is 0 Å². The fourth-order valence-corrected chi connectivity index (χ4v) is 4.10. The molecule has 5 heteroatoms. The number of carbonyl (C=O) groups is 1. The van der Waals surface area contributed by atoms with Crippen LogP contribution in [0.1, 0.15) is 18.0 Å². The Morgan fingerprint density at radius 2 is 1.76 bits per heavy atom. The molecule has 0 N–H and O–H groups in total. The van der Waals surface area contributed by atoms with Gasteiger partial charge in [0.15, 0.2) is 0 Å². The molecule has 1 aliphatic rings. The van der Waals surface area contributed by atoms with Crippen molar-refractivity contribution in [3.05, 3.63) is 84.6 Å². The molecule has 0 spiro atoms. The normalized spacial score (nSPS) is 16.4. The van der Waals surface area contributed by atoms with E-state index in [2.05, 4.69) is 34.6 Å². The predicted octanol–water partition coefficient (Wildman–Crippen LogP) is 4.11. The molecule has 1 amide bonds. The van der Waals surface area contributed by atoms with E-state index >= 15 is 0 Å². The van der Waals surface area contributed by atoms with Gasteiger partial charge >= 0.3 is 0 Å². The summed E-state index contributed by atoms with van der Waals surface area (Å²) in [6.45, 7) is 1.44. The molecule has 5 nitrogen and oxygen atoms in total. The first kappa shape index (κ1) is 17.6. The minimum atomic E-state index is 0.173. The summed E-state index contributed by atoms with van der Waals surface area (Å²) in [5, 5.41) is 11.0. The van der Waals surface area contributed by atoms with Gasteiger partial charge < -0.3 is 4.90 Å². The molecule has 29 heavy (non-hydrogen) atoms. The zero-order chi connectivity index (χ0) is 19.6. The Morgan fingerprint density at radius 3 is 2.66 bits per heavy atom. The fraction of sp³-hybridized carbons (Fsp3) is 0.208. The third kappa shape index (κ3) is 3.51. The lowest BCUT2D eigenvalue weighted by Crippen LogP contribution is -2.30. The van der Waals surface area contributed by atoms with Crippen LogP contribution in [0.4, 0.5) is 0 Å². The molecular formula is C24H22N4O. The maximum absolute atomic E-state index is 12.9. The average molecular weight is 382 g/mol. The molecule has 2 heterocycles. The Bertz CT molecular complexity index is 1150. The summed E-state index contributed by atoms with van der Waals surface area (Å²) >= 11 is 0. The first-order valence-electron chi connectivity index (χ1n) is 9.99. The Balaban J connectivity index is 1.28. The van der Waals surface area contributed by atoms with E-state index in [4.69, 9.17) is 0 Å². The molecule has 0 saturated carbocycles. The molecule has 1 saturated heterocycles. The van der Waals surface area contributed by atoms with Crippen LogP contribution in [0.2, 0.25) is 0 Å². The molecule has 1 atom stereocenters. The molecule has 144 valence electrons. The highest BCUT2D eigenvalue weighted by molar-refractivity contribution is 5.90. The molecule has 1 aromatic heterocycles. The van der Waals surface area contributed by atoms with E-state index < -0.39 is 0 Å². The van der Waals surface area contributed by atoms with Crippen molar-refractivity contribution in [1.82, 2.24) is 19.9 Å². The number of carbonyl (C=O) groups excluding carboxylic acids is 1. The van der Waals surface area contributed by atoms with E-state index in [9.17, 15) is 4.79 Å². The van der Waals surface area contributed by atoms with Crippen LogP contribution in [0.15, 0.2) is 79.0 Å². The highest BCUT2D eigenvalue weighted by atomic mass is 16.2. The number of aromatic nitrogens is 3. The summed E-state index contributed by atoms with van der Waals surface area (Å²) in [7, 11) is 0. The second-order valence-corrected chi connectivity index (χ2v) is 7.55. The van der Waals surface area contributed by atoms with Gasteiger partial charge in [0.2, 0.25) is 5.91 Å². The number of nitrogens with zero attached hydrogens (tertiary/aromatic N) is 4. The van der Waals surface area contributed by atoms with Gasteiger partial charge in [-0.3, -0.25) is 4.79 Å². The van der Waals surface area contributed by atoms with Gasteiger partial charge in [0.25, 0.3) is 0 Å². The monoisotopic (exact) mass is 382 g/mol. The van der Waals surface area contributed by atoms with E-state index in [1.807, 2.05) is 64.3 Å². The molecule has 5 rings (SSSR count). The highest BCUT2D eigenvalue weighted by Gasteiger charge is 2.28. The third-order valence-electron chi connectivity index (χ3n) is 5.69. The fourth-order valence-electron chi connectivity index (χ4n) is 4.10. The van der Waals surface area contributed by atoms with E-state index in [0.717, 1.165) is 35.2 Å². The maximum atomic E-state index is 12.9. The molecule has 0 aliphatic carbocycles. The minimum Gasteiger partial charge on any atom is -0.340 e. The quantitative estimate of drug-likeness (QED) is 0.534. The molecular weight excluding hydrogens is 360 g/mol. The van der Waals surface area contributed by atoms with Crippen LogP contribution in [0.25, 0.3) is 22.0 Å². The van der Waals surface area contributed by atoms with Gasteiger partial charge in [0.05, 0.1) is 18.7 Å². The summed E-state index contributed by atoms with van der Waals surface area (Å²) in [5.74, 6) is 0.173.